The molecule has 0 bridgehead atoms. The van der Waals surface area contributed by atoms with Gasteiger partial charge >= 0.3 is 0 Å². The van der Waals surface area contributed by atoms with E-state index in [1.807, 2.05) is 0 Å². The van der Waals surface area contributed by atoms with Gasteiger partial charge in [-0.1, -0.05) is 18.2 Å². The van der Waals surface area contributed by atoms with Gasteiger partial charge in [0, 0.05) is 20.1 Å². The molecule has 108 valence electrons. The molecule has 1 aromatic heterocycles. The van der Waals surface area contributed by atoms with Crippen LogP contribution in [0.15, 0.2) is 18.2 Å². The van der Waals surface area contributed by atoms with E-state index < -0.39 is 0 Å². The maximum atomic E-state index is 5.71. The number of nitrogens with two attached hydrogens (primary N) is 1. The number of methoxy groups -OCH3 is 1. The third-order valence-corrected chi connectivity index (χ3v) is 3.54. The molecule has 0 amide bonds. The summed E-state index contributed by atoms with van der Waals surface area (Å²) in [5.74, 6) is 1.74. The lowest BCUT2D eigenvalue weighted by molar-refractivity contribution is 0.185. The van der Waals surface area contributed by atoms with Gasteiger partial charge in [0.1, 0.15) is 11.6 Å². The van der Waals surface area contributed by atoms with Crippen molar-refractivity contribution in [2.24, 2.45) is 5.73 Å². The van der Waals surface area contributed by atoms with Crippen LogP contribution in [0.3, 0.4) is 0 Å². The van der Waals surface area contributed by atoms with Crippen LogP contribution < -0.4 is 5.73 Å². The second-order valence-electron chi connectivity index (χ2n) is 4.98. The minimum Gasteiger partial charge on any atom is -0.383 e. The summed E-state index contributed by atoms with van der Waals surface area (Å²) in [7, 11) is 1.69. The van der Waals surface area contributed by atoms with Gasteiger partial charge in [-0.2, -0.15) is 0 Å². The molecule has 0 aliphatic heterocycles. The maximum absolute atomic E-state index is 5.71. The highest BCUT2D eigenvalue weighted by Crippen LogP contribution is 2.14. The minimum absolute atomic E-state index is 0.392. The second kappa shape index (κ2) is 6.63. The molecule has 20 heavy (non-hydrogen) atoms. The molecule has 0 saturated carbocycles. The quantitative estimate of drug-likeness (QED) is 0.868. The zero-order valence-electron chi connectivity index (χ0n) is 12.4. The first-order chi connectivity index (χ1) is 9.65. The lowest BCUT2D eigenvalue weighted by atomic mass is 10.0. The van der Waals surface area contributed by atoms with Crippen molar-refractivity contribution in [3.8, 4) is 0 Å². The Kier molecular flexibility index (Phi) is 4.87. The Labute approximate surface area is 119 Å². The van der Waals surface area contributed by atoms with E-state index in [9.17, 15) is 0 Å². The van der Waals surface area contributed by atoms with E-state index in [0.717, 1.165) is 24.6 Å². The van der Waals surface area contributed by atoms with Gasteiger partial charge in [-0.3, -0.25) is 0 Å². The Morgan fingerprint density at radius 2 is 1.90 bits per heavy atom. The smallest absolute Gasteiger partial charge is 0.146 e. The van der Waals surface area contributed by atoms with Gasteiger partial charge in [0.05, 0.1) is 13.2 Å². The van der Waals surface area contributed by atoms with Crippen LogP contribution in [-0.4, -0.2) is 28.5 Å². The molecule has 0 aliphatic carbocycles. The lowest BCUT2D eigenvalue weighted by Crippen LogP contribution is -2.14. The second-order valence-corrected chi connectivity index (χ2v) is 4.98. The third-order valence-electron chi connectivity index (χ3n) is 3.54. The van der Waals surface area contributed by atoms with Crippen LogP contribution in [0.4, 0.5) is 0 Å². The number of benzene rings is 1. The summed E-state index contributed by atoms with van der Waals surface area (Å²) in [5, 5.41) is 8.42. The molecule has 5 heteroatoms. The molecule has 5 nitrogen and oxygen atoms in total. The molecule has 0 unspecified atom stereocenters. The molecule has 0 atom stereocenters. The molecule has 0 radical (unpaired) electrons. The van der Waals surface area contributed by atoms with Crippen molar-refractivity contribution < 1.29 is 4.74 Å². The van der Waals surface area contributed by atoms with Crippen molar-refractivity contribution in [3.63, 3.8) is 0 Å². The largest absolute Gasteiger partial charge is 0.383 e. The van der Waals surface area contributed by atoms with Crippen LogP contribution in [0.2, 0.25) is 0 Å². The Morgan fingerprint density at radius 1 is 1.15 bits per heavy atom. The first kappa shape index (κ1) is 14.7. The Morgan fingerprint density at radius 3 is 2.55 bits per heavy atom. The summed E-state index contributed by atoms with van der Waals surface area (Å²) in [5.41, 5.74) is 9.55. The average molecular weight is 274 g/mol. The third kappa shape index (κ3) is 3.23. The molecule has 0 saturated heterocycles. The summed E-state index contributed by atoms with van der Waals surface area (Å²) in [6.07, 6.45) is 0.762. The van der Waals surface area contributed by atoms with Crippen molar-refractivity contribution in [1.82, 2.24) is 14.8 Å². The highest BCUT2D eigenvalue weighted by Gasteiger charge is 2.11. The monoisotopic (exact) mass is 274 g/mol. The first-order valence-electron chi connectivity index (χ1n) is 6.81. The van der Waals surface area contributed by atoms with E-state index in [-0.39, 0.29) is 0 Å². The number of hydrogen-bond acceptors (Lipinski definition) is 4. The summed E-state index contributed by atoms with van der Waals surface area (Å²) < 4.78 is 7.19. The van der Waals surface area contributed by atoms with Gasteiger partial charge in [0.25, 0.3) is 0 Å². The average Bonchev–Trinajstić information content (AvgIpc) is 2.82. The van der Waals surface area contributed by atoms with Crippen LogP contribution in [0.5, 0.6) is 0 Å². The molecule has 1 heterocycles. The standard InChI is InChI=1S/C15H22N4O/c1-11-4-5-13(8-12(11)2)9-14-17-18-15(10-16)19(14)6-7-20-3/h4-5,8H,6-7,9-10,16H2,1-3H3. The molecule has 0 fully saturated rings. The van der Waals surface area contributed by atoms with Crippen molar-refractivity contribution >= 4 is 0 Å². The zero-order chi connectivity index (χ0) is 14.5. The van der Waals surface area contributed by atoms with E-state index in [0.29, 0.717) is 13.2 Å². The number of aromatic nitrogens is 3. The number of hydrogen-bond donors (Lipinski definition) is 1. The number of rotatable bonds is 6. The van der Waals surface area contributed by atoms with Crippen LogP contribution in [-0.2, 0) is 24.2 Å². The van der Waals surface area contributed by atoms with Crippen LogP contribution in [0, 0.1) is 13.8 Å². The molecule has 2 aromatic rings. The van der Waals surface area contributed by atoms with Crippen molar-refractivity contribution in [3.05, 3.63) is 46.5 Å². The van der Waals surface area contributed by atoms with Crippen LogP contribution >= 0.6 is 0 Å². The van der Waals surface area contributed by atoms with E-state index in [4.69, 9.17) is 10.5 Å². The van der Waals surface area contributed by atoms with Gasteiger partial charge < -0.3 is 15.0 Å². The SMILES string of the molecule is COCCn1c(CN)nnc1Cc1ccc(C)c(C)c1. The fourth-order valence-electron chi connectivity index (χ4n) is 2.19. The Hall–Kier alpha value is -1.72. The van der Waals surface area contributed by atoms with E-state index in [1.54, 1.807) is 7.11 Å². The molecule has 0 aliphatic rings. The van der Waals surface area contributed by atoms with E-state index >= 15 is 0 Å². The summed E-state index contributed by atoms with van der Waals surface area (Å²) in [6, 6.07) is 6.48. The van der Waals surface area contributed by atoms with Gasteiger partial charge in [0.2, 0.25) is 0 Å². The summed E-state index contributed by atoms with van der Waals surface area (Å²) in [4.78, 5) is 0. The number of aryl methyl sites for hydroxylation is 2. The van der Waals surface area contributed by atoms with Gasteiger partial charge in [-0.25, -0.2) is 0 Å². The maximum Gasteiger partial charge on any atom is 0.146 e. The van der Waals surface area contributed by atoms with Crippen molar-refractivity contribution in [2.45, 2.75) is 33.4 Å². The van der Waals surface area contributed by atoms with Crippen LogP contribution in [0.25, 0.3) is 0 Å². The lowest BCUT2D eigenvalue weighted by Gasteiger charge is -2.10. The van der Waals surface area contributed by atoms with E-state index in [2.05, 4.69) is 46.8 Å². The normalized spacial score (nSPS) is 11.0. The topological polar surface area (TPSA) is 66.0 Å². The predicted octanol–water partition coefficient (Wildman–Crippen LogP) is 1.59. The number of nitrogens with zero attached hydrogens (tertiary/aromatic N) is 3. The highest BCUT2D eigenvalue weighted by atomic mass is 16.5. The zero-order valence-corrected chi connectivity index (χ0v) is 12.4. The molecular formula is C15H22N4O. The van der Waals surface area contributed by atoms with E-state index in [1.165, 1.54) is 16.7 Å². The molecule has 2 N–H and O–H groups in total. The van der Waals surface area contributed by atoms with Crippen molar-refractivity contribution in [1.29, 1.82) is 0 Å². The number of ether oxygens (including phenoxy) is 1. The highest BCUT2D eigenvalue weighted by molar-refractivity contribution is 5.31. The fourth-order valence-corrected chi connectivity index (χ4v) is 2.19. The Balaban J connectivity index is 2.23. The summed E-state index contributed by atoms with van der Waals surface area (Å²) >= 11 is 0. The van der Waals surface area contributed by atoms with Crippen LogP contribution in [0.1, 0.15) is 28.3 Å². The van der Waals surface area contributed by atoms with Gasteiger partial charge in [-0.05, 0) is 30.5 Å². The Bertz CT molecular complexity index is 577. The van der Waals surface area contributed by atoms with Gasteiger partial charge in [0.15, 0.2) is 0 Å². The molecule has 2 rings (SSSR count). The molecule has 1 aromatic carbocycles. The molecule has 0 spiro atoms. The first-order valence-corrected chi connectivity index (χ1v) is 6.81. The minimum atomic E-state index is 0.392. The summed E-state index contributed by atoms with van der Waals surface area (Å²) in [6.45, 7) is 6.00. The molecular weight excluding hydrogens is 252 g/mol. The fraction of sp³-hybridized carbons (Fsp3) is 0.467. The van der Waals surface area contributed by atoms with Gasteiger partial charge in [-0.15, -0.1) is 10.2 Å². The van der Waals surface area contributed by atoms with Crippen molar-refractivity contribution in [2.75, 3.05) is 13.7 Å². The predicted molar refractivity (Wildman–Crippen MR) is 78.5 cm³/mol.